The molecular formula is C15H17N5. The van der Waals surface area contributed by atoms with Gasteiger partial charge in [0, 0.05) is 18.0 Å². The molecule has 5 heteroatoms. The molecule has 0 aliphatic carbocycles. The molecule has 0 aliphatic rings. The Hall–Kier alpha value is -2.40. The molecule has 0 amide bonds. The topological polar surface area (TPSA) is 68.2 Å². The van der Waals surface area contributed by atoms with Crippen LogP contribution in [-0.4, -0.2) is 14.6 Å². The highest BCUT2D eigenvalue weighted by atomic mass is 15.3. The molecule has 0 aliphatic heterocycles. The third-order valence-electron chi connectivity index (χ3n) is 3.40. The van der Waals surface area contributed by atoms with E-state index < -0.39 is 0 Å². The molecule has 2 heterocycles. The van der Waals surface area contributed by atoms with Gasteiger partial charge >= 0.3 is 0 Å². The molecule has 0 spiro atoms. The maximum Gasteiger partial charge on any atom is 0.166 e. The van der Waals surface area contributed by atoms with Gasteiger partial charge in [0.25, 0.3) is 0 Å². The van der Waals surface area contributed by atoms with Crippen LogP contribution < -0.4 is 11.3 Å². The molecule has 1 aromatic carbocycles. The average molecular weight is 267 g/mol. The number of nitrogens with two attached hydrogens (primary N) is 1. The Kier molecular flexibility index (Phi) is 3.12. The number of rotatable bonds is 3. The fraction of sp³-hybridized carbons (Fsp3) is 0.200. The highest BCUT2D eigenvalue weighted by molar-refractivity contribution is 5.74. The van der Waals surface area contributed by atoms with Crippen molar-refractivity contribution in [3.05, 3.63) is 48.3 Å². The summed E-state index contributed by atoms with van der Waals surface area (Å²) in [6, 6.07) is 10.5. The van der Waals surface area contributed by atoms with Crippen molar-refractivity contribution in [1.29, 1.82) is 0 Å². The fourth-order valence-electron chi connectivity index (χ4n) is 2.21. The third-order valence-corrected chi connectivity index (χ3v) is 3.40. The monoisotopic (exact) mass is 267 g/mol. The Morgan fingerprint density at radius 1 is 1.20 bits per heavy atom. The van der Waals surface area contributed by atoms with E-state index >= 15 is 0 Å². The quantitative estimate of drug-likeness (QED) is 0.565. The van der Waals surface area contributed by atoms with E-state index in [9.17, 15) is 0 Å². The zero-order valence-corrected chi connectivity index (χ0v) is 11.5. The number of nitrogens with one attached hydrogen (secondary N) is 1. The van der Waals surface area contributed by atoms with Gasteiger partial charge in [0.2, 0.25) is 0 Å². The van der Waals surface area contributed by atoms with Gasteiger partial charge in [-0.1, -0.05) is 38.1 Å². The van der Waals surface area contributed by atoms with Crippen molar-refractivity contribution in [2.75, 3.05) is 5.43 Å². The molecule has 0 saturated heterocycles. The van der Waals surface area contributed by atoms with Crippen LogP contribution in [0.15, 0.2) is 42.7 Å². The first-order chi connectivity index (χ1) is 9.69. The summed E-state index contributed by atoms with van der Waals surface area (Å²) >= 11 is 0. The molecule has 20 heavy (non-hydrogen) atoms. The minimum Gasteiger partial charge on any atom is -0.307 e. The van der Waals surface area contributed by atoms with Gasteiger partial charge in [0.05, 0.1) is 5.69 Å². The predicted octanol–water partition coefficient (Wildman–Crippen LogP) is 2.81. The van der Waals surface area contributed by atoms with Gasteiger partial charge in [-0.15, -0.1) is 0 Å². The van der Waals surface area contributed by atoms with Crippen molar-refractivity contribution < 1.29 is 0 Å². The smallest absolute Gasteiger partial charge is 0.166 e. The van der Waals surface area contributed by atoms with E-state index in [-0.39, 0.29) is 0 Å². The number of hydrazine groups is 1. The van der Waals surface area contributed by atoms with Crippen molar-refractivity contribution in [2.45, 2.75) is 19.8 Å². The zero-order chi connectivity index (χ0) is 14.1. The lowest BCUT2D eigenvalue weighted by atomic mass is 10.0. The summed E-state index contributed by atoms with van der Waals surface area (Å²) in [6.45, 7) is 4.37. The minimum atomic E-state index is 0.530. The molecule has 0 unspecified atom stereocenters. The van der Waals surface area contributed by atoms with Gasteiger partial charge in [0.1, 0.15) is 5.52 Å². The number of fused-ring (bicyclic) bond motifs is 1. The van der Waals surface area contributed by atoms with E-state index in [1.165, 1.54) is 5.56 Å². The van der Waals surface area contributed by atoms with Crippen molar-refractivity contribution in [3.8, 4) is 11.3 Å². The van der Waals surface area contributed by atoms with Gasteiger partial charge in [-0.25, -0.2) is 15.3 Å². The molecule has 3 rings (SSSR count). The van der Waals surface area contributed by atoms with E-state index in [4.69, 9.17) is 5.84 Å². The summed E-state index contributed by atoms with van der Waals surface area (Å²) in [5, 5.41) is 4.55. The summed E-state index contributed by atoms with van der Waals surface area (Å²) in [5.41, 5.74) is 6.76. The number of hydrogen-bond acceptors (Lipinski definition) is 4. The number of benzene rings is 1. The SMILES string of the molecule is CC(C)c1ccc(-c2cc3c(NN)nccn3n2)cc1. The van der Waals surface area contributed by atoms with Crippen LogP contribution in [0.1, 0.15) is 25.3 Å². The molecular weight excluding hydrogens is 250 g/mol. The highest BCUT2D eigenvalue weighted by Crippen LogP contribution is 2.24. The molecule has 0 atom stereocenters. The van der Waals surface area contributed by atoms with Crippen LogP contribution in [0.25, 0.3) is 16.8 Å². The van der Waals surface area contributed by atoms with E-state index in [0.717, 1.165) is 16.8 Å². The van der Waals surface area contributed by atoms with Crippen LogP contribution in [0, 0.1) is 0 Å². The molecule has 5 nitrogen and oxygen atoms in total. The van der Waals surface area contributed by atoms with Crippen LogP contribution in [0.3, 0.4) is 0 Å². The van der Waals surface area contributed by atoms with Gasteiger partial charge in [-0.05, 0) is 17.5 Å². The van der Waals surface area contributed by atoms with Gasteiger partial charge in [0.15, 0.2) is 5.82 Å². The first-order valence-electron chi connectivity index (χ1n) is 6.60. The van der Waals surface area contributed by atoms with E-state index in [0.29, 0.717) is 11.7 Å². The van der Waals surface area contributed by atoms with Crippen molar-refractivity contribution in [3.63, 3.8) is 0 Å². The van der Waals surface area contributed by atoms with Crippen molar-refractivity contribution in [2.24, 2.45) is 5.84 Å². The Balaban J connectivity index is 2.06. The summed E-state index contributed by atoms with van der Waals surface area (Å²) in [5.74, 6) is 6.61. The lowest BCUT2D eigenvalue weighted by molar-refractivity contribution is 0.867. The molecule has 3 aromatic rings. The summed E-state index contributed by atoms with van der Waals surface area (Å²) in [6.07, 6.45) is 3.48. The maximum absolute atomic E-state index is 5.46. The Morgan fingerprint density at radius 2 is 1.95 bits per heavy atom. The number of nitrogens with zero attached hydrogens (tertiary/aromatic N) is 3. The Bertz CT molecular complexity index is 728. The molecule has 102 valence electrons. The summed E-state index contributed by atoms with van der Waals surface area (Å²) < 4.78 is 1.77. The third kappa shape index (κ3) is 2.12. The van der Waals surface area contributed by atoms with Crippen molar-refractivity contribution in [1.82, 2.24) is 14.6 Å². The lowest BCUT2D eigenvalue weighted by Gasteiger charge is -2.05. The van der Waals surface area contributed by atoms with Gasteiger partial charge in [-0.2, -0.15) is 5.10 Å². The highest BCUT2D eigenvalue weighted by Gasteiger charge is 2.08. The van der Waals surface area contributed by atoms with Crippen LogP contribution >= 0.6 is 0 Å². The second-order valence-electron chi connectivity index (χ2n) is 5.06. The number of anilines is 1. The number of aromatic nitrogens is 3. The second kappa shape index (κ2) is 4.94. The fourth-order valence-corrected chi connectivity index (χ4v) is 2.21. The lowest BCUT2D eigenvalue weighted by Crippen LogP contribution is -2.09. The van der Waals surface area contributed by atoms with Crippen LogP contribution in [0.4, 0.5) is 5.82 Å². The normalized spacial score (nSPS) is 11.2. The summed E-state index contributed by atoms with van der Waals surface area (Å²) in [4.78, 5) is 4.17. The minimum absolute atomic E-state index is 0.530. The van der Waals surface area contributed by atoms with Gasteiger partial charge in [-0.3, -0.25) is 0 Å². The molecule has 0 fully saturated rings. The number of nitrogen functional groups attached to an aromatic ring is 1. The number of hydrogen-bond donors (Lipinski definition) is 2. The van der Waals surface area contributed by atoms with E-state index in [1.54, 1.807) is 10.7 Å². The maximum atomic E-state index is 5.46. The van der Waals surface area contributed by atoms with Crippen LogP contribution in [-0.2, 0) is 0 Å². The zero-order valence-electron chi connectivity index (χ0n) is 11.5. The molecule has 0 bridgehead atoms. The Morgan fingerprint density at radius 3 is 2.60 bits per heavy atom. The second-order valence-corrected chi connectivity index (χ2v) is 5.06. The van der Waals surface area contributed by atoms with Crippen LogP contribution in [0.5, 0.6) is 0 Å². The van der Waals surface area contributed by atoms with Crippen LogP contribution in [0.2, 0.25) is 0 Å². The largest absolute Gasteiger partial charge is 0.307 e. The van der Waals surface area contributed by atoms with E-state index in [1.807, 2.05) is 12.3 Å². The van der Waals surface area contributed by atoms with Crippen molar-refractivity contribution >= 4 is 11.3 Å². The van der Waals surface area contributed by atoms with E-state index in [2.05, 4.69) is 53.6 Å². The Labute approximate surface area is 117 Å². The average Bonchev–Trinajstić information content (AvgIpc) is 2.91. The molecule has 0 radical (unpaired) electrons. The molecule has 3 N–H and O–H groups in total. The molecule has 0 saturated carbocycles. The molecule has 2 aromatic heterocycles. The predicted molar refractivity (Wildman–Crippen MR) is 80.3 cm³/mol. The standard InChI is InChI=1S/C15H17N5/c1-10(2)11-3-5-12(6-4-11)13-9-14-15(18-16)17-7-8-20(14)19-13/h3-10H,16H2,1-2H3,(H,17,18). The van der Waals surface area contributed by atoms with Gasteiger partial charge < -0.3 is 5.43 Å². The first-order valence-corrected chi connectivity index (χ1v) is 6.60. The summed E-state index contributed by atoms with van der Waals surface area (Å²) in [7, 11) is 0. The first kappa shape index (κ1) is 12.6.